The summed E-state index contributed by atoms with van der Waals surface area (Å²) in [5.74, 6) is 0.204. The zero-order valence-electron chi connectivity index (χ0n) is 16.7. The van der Waals surface area contributed by atoms with E-state index in [-0.39, 0.29) is 11.2 Å². The van der Waals surface area contributed by atoms with Gasteiger partial charge in [0.25, 0.3) is 0 Å². The highest BCUT2D eigenvalue weighted by Gasteiger charge is 2.26. The average Bonchev–Trinajstić information content (AvgIpc) is 3.23. The molecular formula is C23H25N3OS2. The molecule has 6 heteroatoms. The van der Waals surface area contributed by atoms with Gasteiger partial charge in [-0.1, -0.05) is 59.8 Å². The van der Waals surface area contributed by atoms with E-state index in [1.165, 1.54) is 11.3 Å². The number of rotatable bonds is 5. The quantitative estimate of drug-likeness (QED) is 0.544. The molecule has 0 N–H and O–H groups in total. The third-order valence-corrected chi connectivity index (χ3v) is 7.23. The van der Waals surface area contributed by atoms with E-state index in [0.717, 1.165) is 41.8 Å². The Labute approximate surface area is 180 Å². The first-order valence-electron chi connectivity index (χ1n) is 9.88. The number of thiazole rings is 1. The van der Waals surface area contributed by atoms with Crippen LogP contribution in [0, 0.1) is 6.92 Å². The largest absolute Gasteiger partial charge is 0.368 e. The zero-order chi connectivity index (χ0) is 20.2. The maximum absolute atomic E-state index is 12.9. The van der Waals surface area contributed by atoms with Gasteiger partial charge in [-0.3, -0.25) is 4.79 Å². The first-order chi connectivity index (χ1) is 14.1. The molecule has 1 aliphatic rings. The number of para-hydroxylation sites is 1. The van der Waals surface area contributed by atoms with Crippen molar-refractivity contribution in [2.45, 2.75) is 23.4 Å². The number of hydrogen-bond acceptors (Lipinski definition) is 5. The third kappa shape index (κ3) is 4.82. The Hall–Kier alpha value is -2.31. The number of benzene rings is 2. The highest BCUT2D eigenvalue weighted by molar-refractivity contribution is 8.02. The van der Waals surface area contributed by atoms with Crippen molar-refractivity contribution in [2.24, 2.45) is 0 Å². The molecule has 2 heterocycles. The second kappa shape index (κ2) is 9.01. The molecule has 1 aromatic heterocycles. The van der Waals surface area contributed by atoms with Crippen LogP contribution in [0.1, 0.15) is 12.5 Å². The fourth-order valence-electron chi connectivity index (χ4n) is 3.45. The Morgan fingerprint density at radius 3 is 2.41 bits per heavy atom. The predicted molar refractivity (Wildman–Crippen MR) is 123 cm³/mol. The molecule has 0 spiro atoms. The topological polar surface area (TPSA) is 36.4 Å². The van der Waals surface area contributed by atoms with Gasteiger partial charge >= 0.3 is 0 Å². The molecule has 2 aromatic carbocycles. The van der Waals surface area contributed by atoms with E-state index in [2.05, 4.69) is 65.7 Å². The van der Waals surface area contributed by atoms with Crippen molar-refractivity contribution in [1.82, 2.24) is 9.88 Å². The molecule has 4 rings (SSSR count). The summed E-state index contributed by atoms with van der Waals surface area (Å²) in [4.78, 5) is 22.0. The molecule has 1 fully saturated rings. The maximum atomic E-state index is 12.9. The smallest absolute Gasteiger partial charge is 0.235 e. The number of nitrogens with zero attached hydrogens (tertiary/aromatic N) is 3. The van der Waals surface area contributed by atoms with Crippen molar-refractivity contribution in [2.75, 3.05) is 31.1 Å². The highest BCUT2D eigenvalue weighted by Crippen LogP contribution is 2.31. The second-order valence-electron chi connectivity index (χ2n) is 7.27. The lowest BCUT2D eigenvalue weighted by Gasteiger charge is -2.37. The fraction of sp³-hybridized carbons (Fsp3) is 0.304. The zero-order valence-corrected chi connectivity index (χ0v) is 18.4. The van der Waals surface area contributed by atoms with Crippen LogP contribution in [0.4, 0.5) is 5.69 Å². The Morgan fingerprint density at radius 2 is 1.72 bits per heavy atom. The Balaban J connectivity index is 1.33. The molecule has 29 heavy (non-hydrogen) atoms. The first-order valence-corrected chi connectivity index (χ1v) is 11.6. The number of aryl methyl sites for hydroxylation is 1. The number of piperazine rings is 1. The lowest BCUT2D eigenvalue weighted by Crippen LogP contribution is -2.50. The Morgan fingerprint density at radius 1 is 1.03 bits per heavy atom. The minimum atomic E-state index is -0.129. The van der Waals surface area contributed by atoms with Crippen molar-refractivity contribution >= 4 is 34.7 Å². The predicted octanol–water partition coefficient (Wildman–Crippen LogP) is 4.95. The number of carbonyl (C=O) groups is 1. The number of aromatic nitrogens is 1. The third-order valence-electron chi connectivity index (χ3n) is 5.17. The van der Waals surface area contributed by atoms with Gasteiger partial charge in [-0.05, 0) is 26.0 Å². The molecule has 3 aromatic rings. The van der Waals surface area contributed by atoms with Crippen LogP contribution in [0.3, 0.4) is 0 Å². The first kappa shape index (κ1) is 20.0. The van der Waals surface area contributed by atoms with Gasteiger partial charge in [-0.2, -0.15) is 0 Å². The monoisotopic (exact) mass is 423 g/mol. The second-order valence-corrected chi connectivity index (χ2v) is 9.72. The molecule has 1 aliphatic heterocycles. The van der Waals surface area contributed by atoms with Crippen molar-refractivity contribution in [1.29, 1.82) is 0 Å². The maximum Gasteiger partial charge on any atom is 0.235 e. The summed E-state index contributed by atoms with van der Waals surface area (Å²) in [6.45, 7) is 7.36. The number of anilines is 1. The van der Waals surface area contributed by atoms with Crippen LogP contribution in [0.15, 0.2) is 64.3 Å². The molecule has 150 valence electrons. The summed E-state index contributed by atoms with van der Waals surface area (Å²) in [7, 11) is 0. The highest BCUT2D eigenvalue weighted by atomic mass is 32.2. The molecule has 1 amide bonds. The van der Waals surface area contributed by atoms with Gasteiger partial charge < -0.3 is 9.80 Å². The van der Waals surface area contributed by atoms with E-state index >= 15 is 0 Å². The summed E-state index contributed by atoms with van der Waals surface area (Å²) in [6, 6.07) is 18.8. The van der Waals surface area contributed by atoms with Crippen LogP contribution in [0.2, 0.25) is 0 Å². The van der Waals surface area contributed by atoms with Gasteiger partial charge in [0, 0.05) is 42.8 Å². The summed E-state index contributed by atoms with van der Waals surface area (Å²) in [5.41, 5.74) is 4.57. The SMILES string of the molecule is Cc1ccc(-c2csc(S[C@@H](C)C(=O)N3CCN(c4ccccc4)CC3)n2)cc1. The number of hydrogen-bond donors (Lipinski definition) is 0. The van der Waals surface area contributed by atoms with Crippen LogP contribution < -0.4 is 4.90 Å². The van der Waals surface area contributed by atoms with Crippen LogP contribution >= 0.6 is 23.1 Å². The van der Waals surface area contributed by atoms with Gasteiger partial charge in [0.2, 0.25) is 5.91 Å². The van der Waals surface area contributed by atoms with Gasteiger partial charge in [0.05, 0.1) is 10.9 Å². The minimum Gasteiger partial charge on any atom is -0.368 e. The molecule has 0 unspecified atom stereocenters. The lowest BCUT2D eigenvalue weighted by molar-refractivity contribution is -0.130. The van der Waals surface area contributed by atoms with Gasteiger partial charge in [0.15, 0.2) is 4.34 Å². The van der Waals surface area contributed by atoms with Crippen LogP contribution in [-0.2, 0) is 4.79 Å². The molecule has 1 atom stereocenters. The van der Waals surface area contributed by atoms with E-state index < -0.39 is 0 Å². The molecular weight excluding hydrogens is 398 g/mol. The Bertz CT molecular complexity index is 948. The Kier molecular flexibility index (Phi) is 6.21. The fourth-order valence-corrected chi connectivity index (χ4v) is 5.51. The molecule has 0 radical (unpaired) electrons. The van der Waals surface area contributed by atoms with E-state index in [1.54, 1.807) is 23.1 Å². The van der Waals surface area contributed by atoms with E-state index in [0.29, 0.717) is 0 Å². The molecule has 4 nitrogen and oxygen atoms in total. The van der Waals surface area contributed by atoms with E-state index in [1.807, 2.05) is 17.9 Å². The summed E-state index contributed by atoms with van der Waals surface area (Å²) in [6.07, 6.45) is 0. The summed E-state index contributed by atoms with van der Waals surface area (Å²) in [5, 5.41) is 1.94. The van der Waals surface area contributed by atoms with Crippen molar-refractivity contribution < 1.29 is 4.79 Å². The number of thioether (sulfide) groups is 1. The van der Waals surface area contributed by atoms with Crippen molar-refractivity contribution in [3.05, 3.63) is 65.5 Å². The summed E-state index contributed by atoms with van der Waals surface area (Å²) < 4.78 is 0.948. The molecule has 0 aliphatic carbocycles. The standard InChI is InChI=1S/C23H25N3OS2/c1-17-8-10-19(11-9-17)21-16-28-23(24-21)29-18(2)22(27)26-14-12-25(13-15-26)20-6-4-3-5-7-20/h3-11,16,18H,12-15H2,1-2H3/t18-/m0/s1. The van der Waals surface area contributed by atoms with Crippen LogP contribution in [0.25, 0.3) is 11.3 Å². The van der Waals surface area contributed by atoms with Gasteiger partial charge in [-0.25, -0.2) is 4.98 Å². The van der Waals surface area contributed by atoms with Gasteiger partial charge in [0.1, 0.15) is 0 Å². The normalized spacial score (nSPS) is 15.4. The van der Waals surface area contributed by atoms with Crippen molar-refractivity contribution in [3.63, 3.8) is 0 Å². The van der Waals surface area contributed by atoms with E-state index in [9.17, 15) is 4.79 Å². The average molecular weight is 424 g/mol. The van der Waals surface area contributed by atoms with Gasteiger partial charge in [-0.15, -0.1) is 11.3 Å². The summed E-state index contributed by atoms with van der Waals surface area (Å²) >= 11 is 3.18. The van der Waals surface area contributed by atoms with Crippen molar-refractivity contribution in [3.8, 4) is 11.3 Å². The number of amides is 1. The van der Waals surface area contributed by atoms with Crippen LogP contribution in [0.5, 0.6) is 0 Å². The molecule has 0 bridgehead atoms. The molecule has 1 saturated heterocycles. The van der Waals surface area contributed by atoms with Crippen LogP contribution in [-0.4, -0.2) is 47.2 Å². The number of carbonyl (C=O) groups excluding carboxylic acids is 1. The molecule has 0 saturated carbocycles. The van der Waals surface area contributed by atoms with E-state index in [4.69, 9.17) is 4.98 Å². The minimum absolute atomic E-state index is 0.129. The lowest BCUT2D eigenvalue weighted by atomic mass is 10.1.